The largest absolute Gasteiger partial charge is 0.399 e. The molecule has 0 saturated carbocycles. The van der Waals surface area contributed by atoms with E-state index >= 15 is 0 Å². The van der Waals surface area contributed by atoms with Gasteiger partial charge in [-0.1, -0.05) is 120 Å². The third-order valence-corrected chi connectivity index (χ3v) is 19.5. The Morgan fingerprint density at radius 2 is 0.670 bits per heavy atom. The van der Waals surface area contributed by atoms with Crippen molar-refractivity contribution in [2.75, 3.05) is 120 Å². The van der Waals surface area contributed by atoms with Crippen molar-refractivity contribution in [3.63, 3.8) is 0 Å². The number of hydrogen-bond acceptors (Lipinski definition) is 22. The average molecular weight is 1620 g/mol. The molecule has 0 unspecified atom stereocenters. The molecule has 4 saturated heterocycles. The molecule has 115 heavy (non-hydrogen) atoms. The van der Waals surface area contributed by atoms with Crippen molar-refractivity contribution >= 4 is 142 Å². The second kappa shape index (κ2) is 41.2. The zero-order valence-corrected chi connectivity index (χ0v) is 64.6. The van der Waals surface area contributed by atoms with Gasteiger partial charge in [-0.2, -0.15) is 26.3 Å². The number of benzene rings is 6. The highest BCUT2D eigenvalue weighted by atomic mass is 35.5. The molecular formula is C84H83Cl3F6N22. The molecule has 0 bridgehead atoms. The molecule has 592 valence electrons. The van der Waals surface area contributed by atoms with Crippen LogP contribution in [0.4, 0.5) is 89.6 Å². The van der Waals surface area contributed by atoms with E-state index in [0.717, 1.165) is 130 Å². The van der Waals surface area contributed by atoms with E-state index in [1.807, 2.05) is 126 Å². The van der Waals surface area contributed by atoms with Gasteiger partial charge >= 0.3 is 12.4 Å². The summed E-state index contributed by atoms with van der Waals surface area (Å²) in [6.45, 7) is 9.98. The predicted molar refractivity (Wildman–Crippen MR) is 449 cm³/mol. The van der Waals surface area contributed by atoms with Gasteiger partial charge in [0.2, 0.25) is 0 Å². The molecule has 0 radical (unpaired) electrons. The number of para-hydroxylation sites is 2. The highest BCUT2D eigenvalue weighted by Gasteiger charge is 2.42. The summed E-state index contributed by atoms with van der Waals surface area (Å²) in [6.07, 6.45) is 5.43. The summed E-state index contributed by atoms with van der Waals surface area (Å²) in [5.74, 6) is 1.34. The molecule has 0 aliphatic carbocycles. The van der Waals surface area contributed by atoms with Crippen molar-refractivity contribution < 1.29 is 26.3 Å². The minimum atomic E-state index is -4.12. The van der Waals surface area contributed by atoms with E-state index in [9.17, 15) is 26.3 Å². The van der Waals surface area contributed by atoms with Crippen molar-refractivity contribution in [2.45, 2.75) is 38.0 Å². The molecule has 4 fully saturated rings. The number of piperidine rings is 2. The van der Waals surface area contributed by atoms with Gasteiger partial charge in [0.15, 0.2) is 0 Å². The number of aromatic nitrogens is 12. The maximum Gasteiger partial charge on any atom is 0.391 e. The van der Waals surface area contributed by atoms with Gasteiger partial charge in [-0.25, -0.2) is 39.9 Å². The summed E-state index contributed by atoms with van der Waals surface area (Å²) in [6, 6.07) is 67.5. The monoisotopic (exact) mass is 1620 g/mol. The van der Waals surface area contributed by atoms with Crippen molar-refractivity contribution in [2.24, 2.45) is 11.8 Å². The Morgan fingerprint density at radius 3 is 1.07 bits per heavy atom. The second-order valence-electron chi connectivity index (χ2n) is 26.7. The molecule has 31 heteroatoms. The van der Waals surface area contributed by atoms with E-state index in [2.05, 4.69) is 174 Å². The van der Waals surface area contributed by atoms with Crippen molar-refractivity contribution in [1.82, 2.24) is 70.4 Å². The van der Waals surface area contributed by atoms with E-state index in [4.69, 9.17) is 40.5 Å². The molecule has 7 N–H and O–H groups in total. The molecule has 4 aliphatic heterocycles. The Labute approximate surface area is 676 Å². The maximum atomic E-state index is 12.8. The highest BCUT2D eigenvalue weighted by molar-refractivity contribution is 6.33. The Hall–Kier alpha value is -12.0. The number of hydrogen-bond donors (Lipinski definition) is 6. The zero-order valence-electron chi connectivity index (χ0n) is 62.4. The number of piperazine rings is 2. The summed E-state index contributed by atoms with van der Waals surface area (Å²) >= 11 is 16.6. The number of nitrogen functional groups attached to an aromatic ring is 1. The number of fused-ring (bicyclic) bond motifs is 4. The van der Waals surface area contributed by atoms with Gasteiger partial charge in [-0.05, 0) is 136 Å². The highest BCUT2D eigenvalue weighted by Crippen LogP contribution is 2.36. The van der Waals surface area contributed by atoms with Crippen LogP contribution in [-0.2, 0) is 0 Å². The van der Waals surface area contributed by atoms with Crippen LogP contribution >= 0.6 is 34.8 Å². The first-order chi connectivity index (χ1) is 55.9. The first-order valence-corrected chi connectivity index (χ1v) is 38.4. The minimum absolute atomic E-state index is 0.0899. The van der Waals surface area contributed by atoms with Crippen LogP contribution in [0.3, 0.4) is 0 Å². The fourth-order valence-electron chi connectivity index (χ4n) is 12.8. The normalized spacial score (nSPS) is 14.4. The number of rotatable bonds is 10. The smallest absolute Gasteiger partial charge is 0.391 e. The molecule has 4 aliphatic rings. The maximum absolute atomic E-state index is 12.8. The Kier molecular flexibility index (Phi) is 29.6. The van der Waals surface area contributed by atoms with Gasteiger partial charge in [0, 0.05) is 170 Å². The number of pyridine rings is 4. The van der Waals surface area contributed by atoms with Crippen molar-refractivity contribution in [3.05, 3.63) is 272 Å². The Morgan fingerprint density at radius 1 is 0.322 bits per heavy atom. The number of nitrogens with zero attached hydrogens (tertiary/aromatic N) is 16. The number of halogens is 9. The van der Waals surface area contributed by atoms with Crippen LogP contribution in [0.5, 0.6) is 0 Å². The van der Waals surface area contributed by atoms with Crippen molar-refractivity contribution in [3.8, 4) is 0 Å². The van der Waals surface area contributed by atoms with Crippen LogP contribution in [0, 0.1) is 11.8 Å². The van der Waals surface area contributed by atoms with Gasteiger partial charge in [0.1, 0.15) is 69.9 Å². The summed E-state index contributed by atoms with van der Waals surface area (Å²) in [4.78, 5) is 58.7. The van der Waals surface area contributed by atoms with Crippen LogP contribution in [0.15, 0.2) is 256 Å². The molecule has 0 amide bonds. The molecule has 0 atom stereocenters. The Bertz CT molecular complexity index is 5340. The third-order valence-electron chi connectivity index (χ3n) is 18.9. The Balaban J connectivity index is 0.000000130. The van der Waals surface area contributed by atoms with E-state index in [-0.39, 0.29) is 25.7 Å². The minimum Gasteiger partial charge on any atom is -0.399 e. The molecule has 12 heterocycles. The van der Waals surface area contributed by atoms with E-state index in [0.29, 0.717) is 59.1 Å². The molecule has 18 rings (SSSR count). The predicted octanol–water partition coefficient (Wildman–Crippen LogP) is 18.3. The molecule has 8 aromatic heterocycles. The van der Waals surface area contributed by atoms with Gasteiger partial charge in [-0.3, -0.25) is 19.9 Å². The van der Waals surface area contributed by atoms with Gasteiger partial charge in [0.05, 0.1) is 33.9 Å². The summed E-state index contributed by atoms with van der Waals surface area (Å²) < 4.78 is 74.2. The van der Waals surface area contributed by atoms with Crippen LogP contribution in [0.1, 0.15) is 25.7 Å². The SMILES string of the molecule is Clc1cc(Cl)ncn1.Clc1cc(Nc2ccc3cccnc3c2)ncn1.FC(F)(F)C1CCN(c2cc(Nc3ccc4cccnc4c3)ncn2)CC1.FC(F)(F)C1CCNCC1.Nc1ccc2cccnc2c1.c1ccc(N2CCN(c3cc(Nc4ccc5cccnc5c4)ncn3)CC2)cc1.c1ccc(N2CCNCC2)cc1. The number of alkyl halides is 6. The zero-order chi connectivity index (χ0) is 80.2. The number of nitrogens with one attached hydrogen (secondary N) is 5. The van der Waals surface area contributed by atoms with Gasteiger partial charge in [0.25, 0.3) is 0 Å². The lowest BCUT2D eigenvalue weighted by molar-refractivity contribution is -0.180. The lowest BCUT2D eigenvalue weighted by Crippen LogP contribution is -2.46. The quantitative estimate of drug-likeness (QED) is 0.0423. The summed E-state index contributed by atoms with van der Waals surface area (Å²) in [5.41, 5.74) is 15.4. The fourth-order valence-corrected chi connectivity index (χ4v) is 13.3. The standard InChI is InChI=1S/C23H22N6.C19H18F3N5.C13H9ClN4.C10H14N2.C9H8N2.C6H10F3N.C4H2Cl2N2/c1-2-6-20(7-3-1)28-11-13-29(14-12-28)23-16-22(25-17-26-23)27-19-9-8-18-5-4-10-24-21(18)15-19;20-19(21,22)14-5-8-27(9-6-14)18-11-17(24-12-25-18)26-15-4-3-13-2-1-7-23-16(13)10-15;14-12-7-13(17-8-16-12)18-10-4-3-9-2-1-5-15-11(9)6-10;1-2-4-10(5-3-1)12-8-6-11-7-9-12;10-8-4-3-7-2-1-5-11-9(7)6-8;7-6(8,9)5-1-3-10-4-2-5;5-3-1-4(6)8-2-7-3/h1-10,15-17H,11-14H2,(H,25,26,27);1-4,7,10-12,14H,5-6,8-9H2,(H,24,25,26);1-8H,(H,16,17,18);1-5,11H,6-9H2;1-6H,10H2;5,10H,1-4H2;1-2H. The molecule has 6 aromatic carbocycles. The van der Waals surface area contributed by atoms with Gasteiger partial charge < -0.3 is 51.9 Å². The van der Waals surface area contributed by atoms with Crippen LogP contribution in [0.25, 0.3) is 43.6 Å². The first kappa shape index (κ1) is 82.5. The van der Waals surface area contributed by atoms with Gasteiger partial charge in [-0.15, -0.1) is 0 Å². The summed E-state index contributed by atoms with van der Waals surface area (Å²) in [5, 5.41) is 21.5. The fraction of sp³-hybridized carbons (Fsp3) is 0.238. The first-order valence-electron chi connectivity index (χ1n) is 37.2. The second-order valence-corrected chi connectivity index (χ2v) is 27.9. The average Bonchev–Trinajstić information content (AvgIpc) is 0.837. The third kappa shape index (κ3) is 25.5. The van der Waals surface area contributed by atoms with E-state index in [1.54, 1.807) is 37.1 Å². The lowest BCUT2D eigenvalue weighted by Gasteiger charge is -2.36. The summed E-state index contributed by atoms with van der Waals surface area (Å²) in [7, 11) is 0. The molecule has 14 aromatic rings. The number of nitrogens with two attached hydrogens (primary N) is 1. The van der Waals surface area contributed by atoms with Crippen molar-refractivity contribution in [1.29, 1.82) is 0 Å². The van der Waals surface area contributed by atoms with Crippen LogP contribution in [-0.4, -0.2) is 151 Å². The van der Waals surface area contributed by atoms with E-state index in [1.165, 1.54) is 36.4 Å². The topological polar surface area (TPSA) is 254 Å². The molecular weight excluding hydrogens is 1540 g/mol. The number of anilines is 11. The van der Waals surface area contributed by atoms with Crippen LogP contribution < -0.4 is 51.9 Å². The van der Waals surface area contributed by atoms with Crippen LogP contribution in [0.2, 0.25) is 15.5 Å². The van der Waals surface area contributed by atoms with E-state index < -0.39 is 24.2 Å². The molecule has 0 spiro atoms. The molecule has 22 nitrogen and oxygen atoms in total. The lowest BCUT2D eigenvalue weighted by atomic mass is 9.96.